The van der Waals surface area contributed by atoms with E-state index in [1.165, 1.54) is 0 Å². The van der Waals surface area contributed by atoms with E-state index in [1.54, 1.807) is 18.2 Å². The zero-order valence-corrected chi connectivity index (χ0v) is 11.3. The first-order valence-electron chi connectivity index (χ1n) is 5.65. The number of aromatic nitrogens is 1. The number of para-hydroxylation sites is 1. The molecule has 3 aromatic rings. The van der Waals surface area contributed by atoms with E-state index in [4.69, 9.17) is 11.6 Å². The third kappa shape index (κ3) is 2.59. The van der Waals surface area contributed by atoms with Crippen molar-refractivity contribution in [1.82, 2.24) is 4.98 Å². The SMILES string of the molecule is O=c1sc(Nc2ccc(Cl)cc2)nc2ccccc12. The predicted molar refractivity (Wildman–Crippen MR) is 80.6 cm³/mol. The number of benzene rings is 2. The minimum absolute atomic E-state index is 0.00191. The highest BCUT2D eigenvalue weighted by Crippen LogP contribution is 2.21. The summed E-state index contributed by atoms with van der Waals surface area (Å²) in [5.41, 5.74) is 1.55. The van der Waals surface area contributed by atoms with Gasteiger partial charge < -0.3 is 5.32 Å². The molecule has 2 aromatic carbocycles. The summed E-state index contributed by atoms with van der Waals surface area (Å²) in [6.07, 6.45) is 0. The lowest BCUT2D eigenvalue weighted by atomic mass is 10.3. The van der Waals surface area contributed by atoms with Crippen molar-refractivity contribution >= 4 is 44.7 Å². The summed E-state index contributed by atoms with van der Waals surface area (Å²) in [6.45, 7) is 0. The van der Waals surface area contributed by atoms with Crippen LogP contribution in [0.4, 0.5) is 10.8 Å². The molecule has 1 aromatic heterocycles. The van der Waals surface area contributed by atoms with E-state index in [0.29, 0.717) is 21.1 Å². The molecule has 0 aliphatic heterocycles. The monoisotopic (exact) mass is 288 g/mol. The highest BCUT2D eigenvalue weighted by molar-refractivity contribution is 7.13. The van der Waals surface area contributed by atoms with Crippen LogP contribution in [0.15, 0.2) is 53.3 Å². The van der Waals surface area contributed by atoms with Crippen molar-refractivity contribution in [2.24, 2.45) is 0 Å². The standard InChI is InChI=1S/C14H9ClN2OS/c15-9-5-7-10(8-6-9)16-14-17-12-4-2-1-3-11(12)13(18)19-14/h1-8H,(H,16,17). The predicted octanol–water partition coefficient (Wildman–Crippen LogP) is 4.05. The van der Waals surface area contributed by atoms with E-state index in [9.17, 15) is 4.79 Å². The van der Waals surface area contributed by atoms with Gasteiger partial charge in [0.15, 0.2) is 5.13 Å². The van der Waals surface area contributed by atoms with Crippen molar-refractivity contribution in [2.45, 2.75) is 0 Å². The van der Waals surface area contributed by atoms with Gasteiger partial charge in [-0.15, -0.1) is 0 Å². The van der Waals surface area contributed by atoms with Gasteiger partial charge in [0.05, 0.1) is 10.9 Å². The first-order chi connectivity index (χ1) is 9.22. The van der Waals surface area contributed by atoms with E-state index in [2.05, 4.69) is 10.3 Å². The van der Waals surface area contributed by atoms with Crippen LogP contribution in [0.1, 0.15) is 0 Å². The lowest BCUT2D eigenvalue weighted by Gasteiger charge is -2.05. The molecule has 19 heavy (non-hydrogen) atoms. The molecule has 0 aliphatic carbocycles. The average molecular weight is 289 g/mol. The first kappa shape index (κ1) is 12.1. The molecular formula is C14H9ClN2OS. The van der Waals surface area contributed by atoms with Crippen LogP contribution in [-0.4, -0.2) is 4.98 Å². The van der Waals surface area contributed by atoms with Crippen LogP contribution < -0.4 is 10.1 Å². The van der Waals surface area contributed by atoms with Crippen molar-refractivity contribution in [3.63, 3.8) is 0 Å². The zero-order chi connectivity index (χ0) is 13.2. The number of nitrogens with zero attached hydrogens (tertiary/aromatic N) is 1. The Kier molecular flexibility index (Phi) is 3.19. The highest BCUT2D eigenvalue weighted by Gasteiger charge is 2.04. The van der Waals surface area contributed by atoms with E-state index >= 15 is 0 Å². The van der Waals surface area contributed by atoms with Crippen LogP contribution in [0.25, 0.3) is 10.9 Å². The third-order valence-electron chi connectivity index (χ3n) is 2.63. The molecule has 0 fully saturated rings. The summed E-state index contributed by atoms with van der Waals surface area (Å²) in [7, 11) is 0. The second-order valence-electron chi connectivity index (χ2n) is 3.96. The number of hydrogen-bond donors (Lipinski definition) is 1. The zero-order valence-electron chi connectivity index (χ0n) is 9.76. The normalized spacial score (nSPS) is 10.6. The first-order valence-corrected chi connectivity index (χ1v) is 6.84. The fourth-order valence-corrected chi connectivity index (χ4v) is 2.63. The molecule has 0 unspecified atom stereocenters. The Labute approximate surface area is 118 Å². The molecule has 0 bridgehead atoms. The largest absolute Gasteiger partial charge is 0.331 e. The van der Waals surface area contributed by atoms with E-state index in [0.717, 1.165) is 17.0 Å². The molecule has 94 valence electrons. The maximum atomic E-state index is 12.0. The number of hydrogen-bond acceptors (Lipinski definition) is 4. The van der Waals surface area contributed by atoms with Gasteiger partial charge in [-0.2, -0.15) is 0 Å². The molecule has 0 atom stereocenters. The van der Waals surface area contributed by atoms with Crippen molar-refractivity contribution in [3.8, 4) is 0 Å². The molecule has 1 heterocycles. The second kappa shape index (κ2) is 4.99. The highest BCUT2D eigenvalue weighted by atomic mass is 35.5. The van der Waals surface area contributed by atoms with E-state index in [-0.39, 0.29) is 4.74 Å². The smallest absolute Gasteiger partial charge is 0.245 e. The van der Waals surface area contributed by atoms with Crippen molar-refractivity contribution in [1.29, 1.82) is 0 Å². The van der Waals surface area contributed by atoms with Gasteiger partial charge >= 0.3 is 0 Å². The Morgan fingerprint density at radius 1 is 1.05 bits per heavy atom. The molecule has 0 spiro atoms. The molecule has 0 aliphatic rings. The second-order valence-corrected chi connectivity index (χ2v) is 5.35. The maximum absolute atomic E-state index is 12.0. The number of anilines is 2. The minimum atomic E-state index is 0.00191. The van der Waals surface area contributed by atoms with Gasteiger partial charge in [-0.25, -0.2) is 4.98 Å². The van der Waals surface area contributed by atoms with Gasteiger partial charge in [0.2, 0.25) is 4.74 Å². The Balaban J connectivity index is 2.01. The summed E-state index contributed by atoms with van der Waals surface area (Å²) in [4.78, 5) is 16.4. The summed E-state index contributed by atoms with van der Waals surface area (Å²) >= 11 is 6.92. The fraction of sp³-hybridized carbons (Fsp3) is 0. The summed E-state index contributed by atoms with van der Waals surface area (Å²) in [5.74, 6) is 0. The van der Waals surface area contributed by atoms with Crippen LogP contribution >= 0.6 is 22.9 Å². The molecule has 3 nitrogen and oxygen atoms in total. The van der Waals surface area contributed by atoms with Gasteiger partial charge in [-0.3, -0.25) is 4.79 Å². The van der Waals surface area contributed by atoms with Crippen LogP contribution in [0.2, 0.25) is 5.02 Å². The third-order valence-corrected chi connectivity index (χ3v) is 3.67. The molecule has 0 saturated heterocycles. The molecule has 0 radical (unpaired) electrons. The van der Waals surface area contributed by atoms with Crippen LogP contribution in [0.3, 0.4) is 0 Å². The Morgan fingerprint density at radius 3 is 2.58 bits per heavy atom. The van der Waals surface area contributed by atoms with Crippen LogP contribution in [-0.2, 0) is 0 Å². The van der Waals surface area contributed by atoms with Gasteiger partial charge in [0, 0.05) is 10.7 Å². The Morgan fingerprint density at radius 2 is 1.79 bits per heavy atom. The summed E-state index contributed by atoms with van der Waals surface area (Å²) < 4.78 is 0.00191. The van der Waals surface area contributed by atoms with E-state index in [1.807, 2.05) is 30.3 Å². The number of halogens is 1. The van der Waals surface area contributed by atoms with Crippen LogP contribution in [0, 0.1) is 0 Å². The van der Waals surface area contributed by atoms with Crippen molar-refractivity contribution < 1.29 is 0 Å². The van der Waals surface area contributed by atoms with E-state index < -0.39 is 0 Å². The van der Waals surface area contributed by atoms with Gasteiger partial charge in [0.1, 0.15) is 0 Å². The molecule has 0 amide bonds. The lowest BCUT2D eigenvalue weighted by Crippen LogP contribution is -2.00. The molecule has 0 saturated carbocycles. The Hall–Kier alpha value is -1.91. The van der Waals surface area contributed by atoms with Gasteiger partial charge in [-0.05, 0) is 36.4 Å². The maximum Gasteiger partial charge on any atom is 0.245 e. The molecule has 5 heteroatoms. The quantitative estimate of drug-likeness (QED) is 0.773. The summed E-state index contributed by atoms with van der Waals surface area (Å²) in [5, 5.41) is 5.01. The molecule has 1 N–H and O–H groups in total. The summed E-state index contributed by atoms with van der Waals surface area (Å²) in [6, 6.07) is 14.6. The molecular weight excluding hydrogens is 280 g/mol. The minimum Gasteiger partial charge on any atom is -0.331 e. The molecule has 3 rings (SSSR count). The van der Waals surface area contributed by atoms with Gasteiger partial charge in [0.25, 0.3) is 0 Å². The van der Waals surface area contributed by atoms with Gasteiger partial charge in [-0.1, -0.05) is 35.1 Å². The average Bonchev–Trinajstić information content (AvgIpc) is 2.42. The number of fused-ring (bicyclic) bond motifs is 1. The topological polar surface area (TPSA) is 42.0 Å². The lowest BCUT2D eigenvalue weighted by molar-refractivity contribution is 1.42. The van der Waals surface area contributed by atoms with Crippen molar-refractivity contribution in [3.05, 3.63) is 63.1 Å². The Bertz CT molecular complexity index is 783. The van der Waals surface area contributed by atoms with Crippen LogP contribution in [0.5, 0.6) is 0 Å². The number of rotatable bonds is 2. The van der Waals surface area contributed by atoms with Crippen molar-refractivity contribution in [2.75, 3.05) is 5.32 Å². The fourth-order valence-electron chi connectivity index (χ4n) is 1.73. The number of nitrogens with one attached hydrogen (secondary N) is 1.